The first-order chi connectivity index (χ1) is 8.47. The van der Waals surface area contributed by atoms with Gasteiger partial charge >= 0.3 is 0 Å². The van der Waals surface area contributed by atoms with Gasteiger partial charge in [0.25, 0.3) is 0 Å². The molecule has 0 fully saturated rings. The van der Waals surface area contributed by atoms with Gasteiger partial charge in [0, 0.05) is 10.4 Å². The summed E-state index contributed by atoms with van der Waals surface area (Å²) in [6.45, 7) is 2.05. The Labute approximate surface area is 115 Å². The van der Waals surface area contributed by atoms with Gasteiger partial charge < -0.3 is 0 Å². The molecule has 1 aromatic heterocycles. The molecule has 2 aromatic rings. The Morgan fingerprint density at radius 3 is 2.83 bits per heavy atom. The highest BCUT2D eigenvalue weighted by Gasteiger charge is 2.14. The first kappa shape index (κ1) is 13.5. The number of benzene rings is 1. The average Bonchev–Trinajstić information content (AvgIpc) is 2.73. The van der Waals surface area contributed by atoms with Crippen molar-refractivity contribution in [1.82, 2.24) is 9.71 Å². The molecule has 1 heterocycles. The van der Waals surface area contributed by atoms with Gasteiger partial charge in [0.15, 0.2) is 0 Å². The van der Waals surface area contributed by atoms with E-state index in [1.165, 1.54) is 23.5 Å². The Balaban J connectivity index is 2.13. The molecule has 0 atom stereocenters. The summed E-state index contributed by atoms with van der Waals surface area (Å²) in [4.78, 5) is 4.35. The van der Waals surface area contributed by atoms with Crippen molar-refractivity contribution in [3.63, 3.8) is 0 Å². The van der Waals surface area contributed by atoms with Crippen LogP contribution in [0.4, 0.5) is 0 Å². The molecule has 0 aliphatic rings. The zero-order chi connectivity index (χ0) is 13.2. The molecular weight excluding hydrogens is 292 g/mol. The lowest BCUT2D eigenvalue weighted by atomic mass is 10.4. The van der Waals surface area contributed by atoms with Crippen LogP contribution in [0.1, 0.15) is 10.7 Å². The van der Waals surface area contributed by atoms with Gasteiger partial charge in [-0.05, 0) is 25.1 Å². The molecule has 96 valence electrons. The smallest absolute Gasteiger partial charge is 0.240 e. The van der Waals surface area contributed by atoms with Crippen molar-refractivity contribution in [3.05, 3.63) is 45.4 Å². The van der Waals surface area contributed by atoms with Crippen LogP contribution in [0.15, 0.2) is 34.5 Å². The number of hydrogen-bond donors (Lipinski definition) is 1. The summed E-state index contributed by atoms with van der Waals surface area (Å²) in [5, 5.41) is 3.13. The van der Waals surface area contributed by atoms with Crippen LogP contribution in [-0.2, 0) is 16.6 Å². The van der Waals surface area contributed by atoms with E-state index in [9.17, 15) is 8.42 Å². The van der Waals surface area contributed by atoms with Crippen molar-refractivity contribution in [2.24, 2.45) is 0 Å². The van der Waals surface area contributed by atoms with E-state index in [0.29, 0.717) is 10.7 Å². The molecule has 0 aliphatic heterocycles. The largest absolute Gasteiger partial charge is 0.245 e. The Kier molecular flexibility index (Phi) is 4.01. The molecule has 0 saturated heterocycles. The normalized spacial score (nSPS) is 11.7. The highest BCUT2D eigenvalue weighted by molar-refractivity contribution is 7.89. The fourth-order valence-electron chi connectivity index (χ4n) is 1.38. The van der Waals surface area contributed by atoms with E-state index in [4.69, 9.17) is 11.6 Å². The number of aryl methyl sites for hydroxylation is 1. The zero-order valence-corrected chi connectivity index (χ0v) is 11.9. The maximum absolute atomic E-state index is 12.0. The summed E-state index contributed by atoms with van der Waals surface area (Å²) in [6.07, 6.45) is 0. The summed E-state index contributed by atoms with van der Waals surface area (Å²) < 4.78 is 26.4. The molecule has 1 N–H and O–H groups in total. The van der Waals surface area contributed by atoms with Gasteiger partial charge in [0.1, 0.15) is 0 Å². The van der Waals surface area contributed by atoms with Gasteiger partial charge in [0.05, 0.1) is 22.1 Å². The van der Waals surface area contributed by atoms with Gasteiger partial charge in [-0.25, -0.2) is 18.1 Å². The van der Waals surface area contributed by atoms with Crippen LogP contribution in [0.5, 0.6) is 0 Å². The molecule has 0 bridgehead atoms. The Bertz CT molecular complexity index is 653. The van der Waals surface area contributed by atoms with Crippen molar-refractivity contribution in [1.29, 1.82) is 0 Å². The van der Waals surface area contributed by atoms with Crippen LogP contribution >= 0.6 is 22.9 Å². The number of aromatic nitrogens is 1. The van der Waals surface area contributed by atoms with E-state index in [1.54, 1.807) is 12.1 Å². The first-order valence-electron chi connectivity index (χ1n) is 5.13. The molecular formula is C11H11ClN2O2S2. The van der Waals surface area contributed by atoms with Gasteiger partial charge in [-0.15, -0.1) is 11.3 Å². The SMILES string of the molecule is Cc1nc(CNS(=O)(=O)c2cccc(Cl)c2)cs1. The van der Waals surface area contributed by atoms with Gasteiger partial charge in [-0.2, -0.15) is 0 Å². The molecule has 0 amide bonds. The predicted molar refractivity (Wildman–Crippen MR) is 72.3 cm³/mol. The minimum Gasteiger partial charge on any atom is -0.245 e. The number of nitrogens with one attached hydrogen (secondary N) is 1. The second-order valence-electron chi connectivity index (χ2n) is 3.64. The van der Waals surface area contributed by atoms with Crippen LogP contribution in [-0.4, -0.2) is 13.4 Å². The number of rotatable bonds is 4. The molecule has 2 rings (SSSR count). The molecule has 0 radical (unpaired) electrons. The molecule has 0 aliphatic carbocycles. The predicted octanol–water partition coefficient (Wildman–Crippen LogP) is 2.58. The van der Waals surface area contributed by atoms with Gasteiger partial charge in [-0.3, -0.25) is 0 Å². The van der Waals surface area contributed by atoms with Crippen molar-refractivity contribution in [2.45, 2.75) is 18.4 Å². The third-order valence-electron chi connectivity index (χ3n) is 2.22. The monoisotopic (exact) mass is 302 g/mol. The van der Waals surface area contributed by atoms with Crippen LogP contribution in [0.2, 0.25) is 5.02 Å². The third kappa shape index (κ3) is 3.29. The summed E-state index contributed by atoms with van der Waals surface area (Å²) in [5.74, 6) is 0. The maximum Gasteiger partial charge on any atom is 0.240 e. The third-order valence-corrected chi connectivity index (χ3v) is 4.67. The topological polar surface area (TPSA) is 59.1 Å². The Morgan fingerprint density at radius 2 is 2.22 bits per heavy atom. The number of thiazole rings is 1. The highest BCUT2D eigenvalue weighted by atomic mass is 35.5. The van der Waals surface area contributed by atoms with Crippen molar-refractivity contribution in [3.8, 4) is 0 Å². The quantitative estimate of drug-likeness (QED) is 0.944. The molecule has 7 heteroatoms. The lowest BCUT2D eigenvalue weighted by Crippen LogP contribution is -2.23. The average molecular weight is 303 g/mol. The second-order valence-corrected chi connectivity index (χ2v) is 6.91. The summed E-state index contributed by atoms with van der Waals surface area (Å²) >= 11 is 7.25. The van der Waals surface area contributed by atoms with E-state index in [-0.39, 0.29) is 11.4 Å². The lowest BCUT2D eigenvalue weighted by molar-refractivity contribution is 0.580. The molecule has 1 aromatic carbocycles. The fourth-order valence-corrected chi connectivity index (χ4v) is 3.29. The second kappa shape index (κ2) is 5.36. The van der Waals surface area contributed by atoms with E-state index in [1.807, 2.05) is 12.3 Å². The number of sulfonamides is 1. The maximum atomic E-state index is 12.0. The van der Waals surface area contributed by atoms with E-state index in [0.717, 1.165) is 5.01 Å². The van der Waals surface area contributed by atoms with Crippen LogP contribution in [0, 0.1) is 6.92 Å². The number of hydrogen-bond acceptors (Lipinski definition) is 4. The first-order valence-corrected chi connectivity index (χ1v) is 7.88. The van der Waals surface area contributed by atoms with Gasteiger partial charge in [-0.1, -0.05) is 17.7 Å². The molecule has 0 saturated carbocycles. The summed E-state index contributed by atoms with van der Waals surface area (Å²) in [7, 11) is -3.54. The van der Waals surface area contributed by atoms with Crippen molar-refractivity contribution < 1.29 is 8.42 Å². The van der Waals surface area contributed by atoms with Crippen molar-refractivity contribution in [2.75, 3.05) is 0 Å². The van der Waals surface area contributed by atoms with E-state index < -0.39 is 10.0 Å². The number of halogens is 1. The molecule has 4 nitrogen and oxygen atoms in total. The van der Waals surface area contributed by atoms with E-state index >= 15 is 0 Å². The van der Waals surface area contributed by atoms with Crippen LogP contribution in [0.3, 0.4) is 0 Å². The van der Waals surface area contributed by atoms with Crippen LogP contribution < -0.4 is 4.72 Å². The fraction of sp³-hybridized carbons (Fsp3) is 0.182. The lowest BCUT2D eigenvalue weighted by Gasteiger charge is -2.05. The molecule has 0 spiro atoms. The van der Waals surface area contributed by atoms with E-state index in [2.05, 4.69) is 9.71 Å². The van der Waals surface area contributed by atoms with Crippen LogP contribution in [0.25, 0.3) is 0 Å². The minimum atomic E-state index is -3.54. The standard InChI is InChI=1S/C11H11ClN2O2S2/c1-8-14-10(7-17-8)6-13-18(15,16)11-4-2-3-9(12)5-11/h2-5,7,13H,6H2,1H3. The number of nitrogens with zero attached hydrogens (tertiary/aromatic N) is 1. The van der Waals surface area contributed by atoms with Gasteiger partial charge in [0.2, 0.25) is 10.0 Å². The summed E-state index contributed by atoms with van der Waals surface area (Å²) in [6, 6.07) is 6.14. The minimum absolute atomic E-state index is 0.155. The molecule has 18 heavy (non-hydrogen) atoms. The molecule has 0 unspecified atom stereocenters. The Morgan fingerprint density at radius 1 is 1.44 bits per heavy atom. The highest BCUT2D eigenvalue weighted by Crippen LogP contribution is 2.16. The Hall–Kier alpha value is -0.950. The van der Waals surface area contributed by atoms with Crippen molar-refractivity contribution >= 4 is 33.0 Å². The summed E-state index contributed by atoms with van der Waals surface area (Å²) in [5.41, 5.74) is 0.711. The zero-order valence-electron chi connectivity index (χ0n) is 9.55.